The van der Waals surface area contributed by atoms with Gasteiger partial charge >= 0.3 is 0 Å². The summed E-state index contributed by atoms with van der Waals surface area (Å²) in [6.45, 7) is 0.572. The predicted octanol–water partition coefficient (Wildman–Crippen LogP) is 2.54. The van der Waals surface area contributed by atoms with Crippen LogP contribution >= 0.6 is 24.8 Å². The molecule has 2 nitrogen and oxygen atoms in total. The van der Waals surface area contributed by atoms with Gasteiger partial charge in [0, 0.05) is 24.3 Å². The van der Waals surface area contributed by atoms with Crippen LogP contribution in [0.15, 0.2) is 36.7 Å². The molecule has 0 radical (unpaired) electrons. The van der Waals surface area contributed by atoms with Crippen molar-refractivity contribution in [2.75, 3.05) is 0 Å². The van der Waals surface area contributed by atoms with E-state index in [0.717, 1.165) is 10.9 Å². The third kappa shape index (κ3) is 2.35. The summed E-state index contributed by atoms with van der Waals surface area (Å²) in [5.41, 5.74) is 6.74. The molecule has 0 atom stereocenters. The molecule has 0 fully saturated rings. The number of nitrogens with two attached hydrogens (primary N) is 1. The quantitative estimate of drug-likeness (QED) is 0.819. The summed E-state index contributed by atoms with van der Waals surface area (Å²) in [7, 11) is 0. The van der Waals surface area contributed by atoms with Gasteiger partial charge in [0.15, 0.2) is 0 Å². The van der Waals surface area contributed by atoms with E-state index in [-0.39, 0.29) is 24.8 Å². The van der Waals surface area contributed by atoms with Crippen molar-refractivity contribution >= 4 is 35.6 Å². The fourth-order valence-electron chi connectivity index (χ4n) is 1.35. The van der Waals surface area contributed by atoms with Crippen LogP contribution in [0.25, 0.3) is 10.8 Å². The van der Waals surface area contributed by atoms with Crippen molar-refractivity contribution in [2.24, 2.45) is 5.73 Å². The molecule has 0 bridgehead atoms. The second kappa shape index (κ2) is 5.81. The number of nitrogens with zero attached hydrogens (tertiary/aromatic N) is 1. The normalized spacial score (nSPS) is 8.93. The fraction of sp³-hybridized carbons (Fsp3) is 0.100. The predicted molar refractivity (Wildman–Crippen MR) is 64.1 cm³/mol. The number of benzene rings is 1. The van der Waals surface area contributed by atoms with E-state index in [1.807, 2.05) is 24.4 Å². The molecule has 4 heteroatoms. The molecule has 1 aromatic carbocycles. The summed E-state index contributed by atoms with van der Waals surface area (Å²) in [5, 5.41) is 2.36. The molecule has 0 aliphatic carbocycles. The van der Waals surface area contributed by atoms with Gasteiger partial charge in [-0.3, -0.25) is 4.98 Å². The standard InChI is InChI=1S/C10H10N2.2ClH/c11-6-9-3-1-2-8-4-5-12-7-10(8)9;;/h1-5,7H,6,11H2;2*1H. The number of halogens is 2. The van der Waals surface area contributed by atoms with Crippen LogP contribution in [0.5, 0.6) is 0 Å². The third-order valence-electron chi connectivity index (χ3n) is 1.99. The summed E-state index contributed by atoms with van der Waals surface area (Å²) in [6.07, 6.45) is 3.65. The maximum atomic E-state index is 5.59. The lowest BCUT2D eigenvalue weighted by Crippen LogP contribution is -1.96. The second-order valence-electron chi connectivity index (χ2n) is 2.72. The van der Waals surface area contributed by atoms with Crippen LogP contribution in [0.1, 0.15) is 5.56 Å². The lowest BCUT2D eigenvalue weighted by Gasteiger charge is -2.01. The van der Waals surface area contributed by atoms with E-state index >= 15 is 0 Å². The van der Waals surface area contributed by atoms with E-state index in [9.17, 15) is 0 Å². The summed E-state index contributed by atoms with van der Waals surface area (Å²) >= 11 is 0. The highest BCUT2D eigenvalue weighted by atomic mass is 35.5. The Morgan fingerprint density at radius 3 is 2.64 bits per heavy atom. The number of hydrogen-bond acceptors (Lipinski definition) is 2. The first-order valence-corrected chi connectivity index (χ1v) is 3.93. The van der Waals surface area contributed by atoms with Crippen LogP contribution in [-0.2, 0) is 6.54 Å². The van der Waals surface area contributed by atoms with Crippen molar-refractivity contribution in [3.8, 4) is 0 Å². The van der Waals surface area contributed by atoms with Crippen molar-refractivity contribution in [3.63, 3.8) is 0 Å². The van der Waals surface area contributed by atoms with Crippen molar-refractivity contribution < 1.29 is 0 Å². The number of fused-ring (bicyclic) bond motifs is 1. The molecule has 2 aromatic rings. The maximum absolute atomic E-state index is 5.59. The molecule has 1 heterocycles. The van der Waals surface area contributed by atoms with Crippen molar-refractivity contribution in [2.45, 2.75) is 6.54 Å². The van der Waals surface area contributed by atoms with Gasteiger partial charge in [0.25, 0.3) is 0 Å². The van der Waals surface area contributed by atoms with Gasteiger partial charge in [-0.15, -0.1) is 24.8 Å². The average Bonchev–Trinajstić information content (AvgIpc) is 2.17. The number of pyridine rings is 1. The minimum absolute atomic E-state index is 0. The summed E-state index contributed by atoms with van der Waals surface area (Å²) in [4.78, 5) is 4.07. The first-order chi connectivity index (χ1) is 5.92. The van der Waals surface area contributed by atoms with Gasteiger partial charge in [0.1, 0.15) is 0 Å². The lowest BCUT2D eigenvalue weighted by molar-refractivity contribution is 1.08. The van der Waals surface area contributed by atoms with E-state index in [2.05, 4.69) is 11.1 Å². The second-order valence-corrected chi connectivity index (χ2v) is 2.72. The number of hydrogen-bond donors (Lipinski definition) is 1. The smallest absolute Gasteiger partial charge is 0.0349 e. The van der Waals surface area contributed by atoms with Gasteiger partial charge in [0.2, 0.25) is 0 Å². The molecule has 0 saturated heterocycles. The van der Waals surface area contributed by atoms with E-state index in [1.54, 1.807) is 6.20 Å². The Bertz CT molecular complexity index is 399. The molecule has 0 aliphatic heterocycles. The van der Waals surface area contributed by atoms with Crippen LogP contribution in [0.2, 0.25) is 0 Å². The van der Waals surface area contributed by atoms with Crippen LogP contribution in [-0.4, -0.2) is 4.98 Å². The average molecular weight is 231 g/mol. The van der Waals surface area contributed by atoms with Crippen molar-refractivity contribution in [1.82, 2.24) is 4.98 Å². The molecule has 0 saturated carbocycles. The zero-order valence-corrected chi connectivity index (χ0v) is 9.15. The molecule has 2 N–H and O–H groups in total. The molecular formula is C10H12Cl2N2. The number of rotatable bonds is 1. The molecule has 0 unspecified atom stereocenters. The molecule has 76 valence electrons. The highest BCUT2D eigenvalue weighted by molar-refractivity contribution is 5.86. The zero-order valence-electron chi connectivity index (χ0n) is 7.51. The van der Waals surface area contributed by atoms with E-state index in [1.165, 1.54) is 5.39 Å². The van der Waals surface area contributed by atoms with E-state index in [4.69, 9.17) is 5.73 Å². The largest absolute Gasteiger partial charge is 0.326 e. The highest BCUT2D eigenvalue weighted by Crippen LogP contribution is 2.16. The fourth-order valence-corrected chi connectivity index (χ4v) is 1.35. The van der Waals surface area contributed by atoms with Crippen LogP contribution in [0, 0.1) is 0 Å². The Labute approximate surface area is 95.3 Å². The number of aromatic nitrogens is 1. The topological polar surface area (TPSA) is 38.9 Å². The van der Waals surface area contributed by atoms with Gasteiger partial charge in [-0.2, -0.15) is 0 Å². The lowest BCUT2D eigenvalue weighted by atomic mass is 10.1. The van der Waals surface area contributed by atoms with Crippen LogP contribution in [0.3, 0.4) is 0 Å². The molecule has 0 spiro atoms. The Morgan fingerprint density at radius 2 is 1.93 bits per heavy atom. The van der Waals surface area contributed by atoms with Gasteiger partial charge in [-0.1, -0.05) is 18.2 Å². The van der Waals surface area contributed by atoms with Crippen molar-refractivity contribution in [3.05, 3.63) is 42.2 Å². The summed E-state index contributed by atoms with van der Waals surface area (Å²) in [5.74, 6) is 0. The van der Waals surface area contributed by atoms with Gasteiger partial charge in [-0.25, -0.2) is 0 Å². The Kier molecular flexibility index (Phi) is 5.46. The summed E-state index contributed by atoms with van der Waals surface area (Å²) in [6, 6.07) is 8.11. The first-order valence-electron chi connectivity index (χ1n) is 3.93. The highest BCUT2D eigenvalue weighted by Gasteiger charge is 1.96. The van der Waals surface area contributed by atoms with Gasteiger partial charge in [0.05, 0.1) is 0 Å². The Morgan fingerprint density at radius 1 is 1.14 bits per heavy atom. The first kappa shape index (κ1) is 13.2. The van der Waals surface area contributed by atoms with E-state index < -0.39 is 0 Å². The summed E-state index contributed by atoms with van der Waals surface area (Å²) < 4.78 is 0. The monoisotopic (exact) mass is 230 g/mol. The third-order valence-corrected chi connectivity index (χ3v) is 1.99. The SMILES string of the molecule is Cl.Cl.NCc1cccc2ccncc12. The van der Waals surface area contributed by atoms with Crippen LogP contribution < -0.4 is 5.73 Å². The molecular weight excluding hydrogens is 219 g/mol. The minimum atomic E-state index is 0. The van der Waals surface area contributed by atoms with Crippen LogP contribution in [0.4, 0.5) is 0 Å². The maximum Gasteiger partial charge on any atom is 0.0349 e. The molecule has 0 amide bonds. The minimum Gasteiger partial charge on any atom is -0.326 e. The van der Waals surface area contributed by atoms with Crippen molar-refractivity contribution in [1.29, 1.82) is 0 Å². The molecule has 1 aromatic heterocycles. The van der Waals surface area contributed by atoms with Gasteiger partial charge < -0.3 is 5.73 Å². The van der Waals surface area contributed by atoms with Gasteiger partial charge in [-0.05, 0) is 17.0 Å². The molecule has 2 rings (SSSR count). The Hall–Kier alpha value is -0.830. The molecule has 0 aliphatic rings. The zero-order chi connectivity index (χ0) is 8.39. The Balaban J connectivity index is 0.000000845. The van der Waals surface area contributed by atoms with E-state index in [0.29, 0.717) is 6.54 Å². The molecule has 14 heavy (non-hydrogen) atoms.